The third kappa shape index (κ3) is 3.46. The number of carbonyl (C=O) groups is 1. The Bertz CT molecular complexity index is 254. The molecule has 0 aliphatic heterocycles. The Morgan fingerprint density at radius 3 is 2.18 bits per heavy atom. The van der Waals surface area contributed by atoms with Crippen LogP contribution in [0, 0.1) is 17.3 Å². The predicted octanol–water partition coefficient (Wildman–Crippen LogP) is 4.24. The first kappa shape index (κ1) is 12.9. The van der Waals surface area contributed by atoms with Crippen molar-refractivity contribution in [2.75, 3.05) is 0 Å². The molecule has 0 unspecified atom stereocenters. The van der Waals surface area contributed by atoms with Crippen LogP contribution in [0.3, 0.4) is 0 Å². The molecule has 2 rings (SSSR count). The highest BCUT2D eigenvalue weighted by atomic mass is 16.4. The fraction of sp³-hybridized carbons (Fsp3) is 0.933. The Hall–Kier alpha value is -0.530. The van der Waals surface area contributed by atoms with Gasteiger partial charge in [0, 0.05) is 6.42 Å². The molecule has 98 valence electrons. The second kappa shape index (κ2) is 5.41. The van der Waals surface area contributed by atoms with E-state index < -0.39 is 5.97 Å². The van der Waals surface area contributed by atoms with Crippen LogP contribution in [0.25, 0.3) is 0 Å². The normalized spacial score (nSPS) is 38.2. The van der Waals surface area contributed by atoms with Crippen LogP contribution in [0.5, 0.6) is 0 Å². The second-order valence-electron chi connectivity index (χ2n) is 6.56. The van der Waals surface area contributed by atoms with Crippen molar-refractivity contribution in [2.45, 2.75) is 71.1 Å². The monoisotopic (exact) mass is 238 g/mol. The van der Waals surface area contributed by atoms with Crippen LogP contribution in [-0.4, -0.2) is 11.1 Å². The zero-order valence-corrected chi connectivity index (χ0v) is 11.1. The van der Waals surface area contributed by atoms with E-state index in [-0.39, 0.29) is 0 Å². The van der Waals surface area contributed by atoms with Crippen molar-refractivity contribution in [1.82, 2.24) is 0 Å². The lowest BCUT2D eigenvalue weighted by atomic mass is 9.61. The van der Waals surface area contributed by atoms with Gasteiger partial charge in [-0.1, -0.05) is 19.8 Å². The van der Waals surface area contributed by atoms with Gasteiger partial charge in [0.25, 0.3) is 0 Å². The molecule has 0 aromatic heterocycles. The molecule has 2 heteroatoms. The van der Waals surface area contributed by atoms with Gasteiger partial charge in [-0.15, -0.1) is 0 Å². The molecule has 17 heavy (non-hydrogen) atoms. The van der Waals surface area contributed by atoms with Gasteiger partial charge >= 0.3 is 5.97 Å². The Balaban J connectivity index is 1.75. The Kier molecular flexibility index (Phi) is 4.11. The molecule has 1 N–H and O–H groups in total. The van der Waals surface area contributed by atoms with Gasteiger partial charge in [0.05, 0.1) is 0 Å². The molecule has 2 aliphatic rings. The van der Waals surface area contributed by atoms with Crippen molar-refractivity contribution in [1.29, 1.82) is 0 Å². The third-order valence-electron chi connectivity index (χ3n) is 5.27. The molecule has 0 atom stereocenters. The zero-order valence-electron chi connectivity index (χ0n) is 11.1. The fourth-order valence-corrected chi connectivity index (χ4v) is 3.78. The molecule has 0 aromatic rings. The molecular formula is C15H26O2. The zero-order chi connectivity index (χ0) is 12.3. The van der Waals surface area contributed by atoms with Crippen LogP contribution in [-0.2, 0) is 4.79 Å². The second-order valence-corrected chi connectivity index (χ2v) is 6.56. The summed E-state index contributed by atoms with van der Waals surface area (Å²) < 4.78 is 0. The van der Waals surface area contributed by atoms with Gasteiger partial charge in [-0.25, -0.2) is 0 Å². The van der Waals surface area contributed by atoms with Crippen LogP contribution >= 0.6 is 0 Å². The van der Waals surface area contributed by atoms with Crippen LogP contribution in [0.15, 0.2) is 0 Å². The molecule has 1 spiro atoms. The van der Waals surface area contributed by atoms with Crippen LogP contribution in [0.4, 0.5) is 0 Å². The smallest absolute Gasteiger partial charge is 0.303 e. The number of hydrogen-bond donors (Lipinski definition) is 1. The standard InChI is InChI=1S/C15H26O2/c1-12-4-8-15(9-5-12)10-6-13(7-11-15)2-3-14(16)17/h12-13H,2-11H2,1H3,(H,16,17). The Labute approximate surface area is 105 Å². The van der Waals surface area contributed by atoms with Crippen LogP contribution in [0.2, 0.25) is 0 Å². The first-order valence-electron chi connectivity index (χ1n) is 7.31. The molecule has 0 heterocycles. The van der Waals surface area contributed by atoms with Gasteiger partial charge in [-0.3, -0.25) is 4.79 Å². The molecule has 2 fully saturated rings. The maximum absolute atomic E-state index is 10.6. The Morgan fingerprint density at radius 2 is 1.65 bits per heavy atom. The SMILES string of the molecule is CC1CCC2(CC1)CCC(CCC(=O)O)CC2. The quantitative estimate of drug-likeness (QED) is 0.798. The van der Waals surface area contributed by atoms with Gasteiger partial charge in [0.1, 0.15) is 0 Å². The molecule has 0 saturated heterocycles. The third-order valence-corrected chi connectivity index (χ3v) is 5.27. The summed E-state index contributed by atoms with van der Waals surface area (Å²) >= 11 is 0. The van der Waals surface area contributed by atoms with Crippen LogP contribution < -0.4 is 0 Å². The van der Waals surface area contributed by atoms with Crippen molar-refractivity contribution in [3.05, 3.63) is 0 Å². The van der Waals surface area contributed by atoms with E-state index in [9.17, 15) is 4.79 Å². The van der Waals surface area contributed by atoms with Gasteiger partial charge in [-0.05, 0) is 62.2 Å². The summed E-state index contributed by atoms with van der Waals surface area (Å²) in [4.78, 5) is 10.6. The highest BCUT2D eigenvalue weighted by Crippen LogP contribution is 2.50. The van der Waals surface area contributed by atoms with Gasteiger partial charge < -0.3 is 5.11 Å². The van der Waals surface area contributed by atoms with Gasteiger partial charge in [0.15, 0.2) is 0 Å². The van der Waals surface area contributed by atoms with Crippen molar-refractivity contribution in [3.63, 3.8) is 0 Å². The molecule has 0 amide bonds. The average molecular weight is 238 g/mol. The number of hydrogen-bond acceptors (Lipinski definition) is 1. The van der Waals surface area contributed by atoms with E-state index in [1.54, 1.807) is 0 Å². The van der Waals surface area contributed by atoms with Crippen LogP contribution in [0.1, 0.15) is 71.1 Å². The number of rotatable bonds is 3. The number of carboxylic acids is 1. The lowest BCUT2D eigenvalue weighted by molar-refractivity contribution is -0.137. The molecule has 0 radical (unpaired) electrons. The molecule has 2 aliphatic carbocycles. The van der Waals surface area contributed by atoms with E-state index in [0.717, 1.165) is 12.3 Å². The van der Waals surface area contributed by atoms with E-state index in [1.165, 1.54) is 51.4 Å². The summed E-state index contributed by atoms with van der Waals surface area (Å²) in [5.74, 6) is 0.998. The van der Waals surface area contributed by atoms with E-state index in [1.807, 2.05) is 0 Å². The lowest BCUT2D eigenvalue weighted by Crippen LogP contribution is -2.31. The molecule has 0 aromatic carbocycles. The summed E-state index contributed by atoms with van der Waals surface area (Å²) in [7, 11) is 0. The highest BCUT2D eigenvalue weighted by molar-refractivity contribution is 5.66. The highest BCUT2D eigenvalue weighted by Gasteiger charge is 2.37. The first-order chi connectivity index (χ1) is 8.10. The topological polar surface area (TPSA) is 37.3 Å². The van der Waals surface area contributed by atoms with Crippen molar-refractivity contribution >= 4 is 5.97 Å². The minimum Gasteiger partial charge on any atom is -0.481 e. The van der Waals surface area contributed by atoms with Crippen molar-refractivity contribution in [2.24, 2.45) is 17.3 Å². The summed E-state index contributed by atoms with van der Waals surface area (Å²) in [6.45, 7) is 2.38. The molecule has 2 nitrogen and oxygen atoms in total. The molecule has 2 saturated carbocycles. The summed E-state index contributed by atoms with van der Waals surface area (Å²) in [6, 6.07) is 0. The van der Waals surface area contributed by atoms with E-state index >= 15 is 0 Å². The lowest BCUT2D eigenvalue weighted by Gasteiger charge is -2.44. The minimum atomic E-state index is -0.628. The van der Waals surface area contributed by atoms with Gasteiger partial charge in [-0.2, -0.15) is 0 Å². The minimum absolute atomic E-state index is 0.370. The summed E-state index contributed by atoms with van der Waals surface area (Å²) in [6.07, 6.45) is 12.3. The maximum atomic E-state index is 10.6. The van der Waals surface area contributed by atoms with Crippen molar-refractivity contribution in [3.8, 4) is 0 Å². The van der Waals surface area contributed by atoms with E-state index in [4.69, 9.17) is 5.11 Å². The predicted molar refractivity (Wildman–Crippen MR) is 68.9 cm³/mol. The number of carboxylic acid groups (broad SMARTS) is 1. The largest absolute Gasteiger partial charge is 0.481 e. The van der Waals surface area contributed by atoms with Crippen molar-refractivity contribution < 1.29 is 9.90 Å². The summed E-state index contributed by atoms with van der Waals surface area (Å²) in [5, 5.41) is 8.72. The number of aliphatic carboxylic acids is 1. The Morgan fingerprint density at radius 1 is 1.12 bits per heavy atom. The fourth-order valence-electron chi connectivity index (χ4n) is 3.78. The first-order valence-corrected chi connectivity index (χ1v) is 7.31. The van der Waals surface area contributed by atoms with Gasteiger partial charge in [0.2, 0.25) is 0 Å². The summed E-state index contributed by atoms with van der Waals surface area (Å²) in [5.41, 5.74) is 0.659. The average Bonchev–Trinajstić information content (AvgIpc) is 2.33. The van der Waals surface area contributed by atoms with E-state index in [2.05, 4.69) is 6.92 Å². The van der Waals surface area contributed by atoms with E-state index in [0.29, 0.717) is 17.8 Å². The molecule has 0 bridgehead atoms. The maximum Gasteiger partial charge on any atom is 0.303 e. The molecular weight excluding hydrogens is 212 g/mol.